The second kappa shape index (κ2) is 42.7. The summed E-state index contributed by atoms with van der Waals surface area (Å²) in [5.41, 5.74) is 7.58. The summed E-state index contributed by atoms with van der Waals surface area (Å²) in [5.74, 6) is 8.00. The van der Waals surface area contributed by atoms with Crippen molar-refractivity contribution in [3.63, 3.8) is 0 Å². The molecule has 0 spiro atoms. The van der Waals surface area contributed by atoms with Crippen LogP contribution in [0, 0.1) is 0 Å². The van der Waals surface area contributed by atoms with Gasteiger partial charge < -0.3 is 78.5 Å². The second-order valence-electron chi connectivity index (χ2n) is 37.1. The van der Waals surface area contributed by atoms with Gasteiger partial charge in [-0.25, -0.2) is 52.9 Å². The quantitative estimate of drug-likeness (QED) is 0.0304. The Morgan fingerprint density at radius 1 is 0.319 bits per heavy atom. The first-order chi connectivity index (χ1) is 66.4. The zero-order valence-corrected chi connectivity index (χ0v) is 80.9. The Bertz CT molecular complexity index is 6310. The molecule has 0 unspecified atom stereocenters. The summed E-state index contributed by atoms with van der Waals surface area (Å²) in [6.45, 7) is 21.1. The van der Waals surface area contributed by atoms with Gasteiger partial charge in [0.25, 0.3) is 0 Å². The first kappa shape index (κ1) is 96.3. The van der Waals surface area contributed by atoms with Crippen molar-refractivity contribution in [1.82, 2.24) is 73.3 Å². The van der Waals surface area contributed by atoms with E-state index in [0.29, 0.717) is 66.8 Å². The van der Waals surface area contributed by atoms with Crippen LogP contribution < -0.4 is 58.1 Å². The lowest BCUT2D eigenvalue weighted by molar-refractivity contribution is 0.0280. The van der Waals surface area contributed by atoms with Gasteiger partial charge in [0.05, 0.1) is 127 Å². The lowest BCUT2D eigenvalue weighted by Crippen LogP contribution is -2.39. The van der Waals surface area contributed by atoms with Gasteiger partial charge in [-0.3, -0.25) is 0 Å². The number of anilines is 5. The normalized spacial score (nSPS) is 15.6. The number of benzene rings is 1. The Labute approximate surface area is 819 Å². The highest BCUT2D eigenvalue weighted by Crippen LogP contribution is 2.41. The molecule has 4 aliphatic rings. The van der Waals surface area contributed by atoms with Crippen molar-refractivity contribution in [3.8, 4) is 85.1 Å². The van der Waals surface area contributed by atoms with Gasteiger partial charge in [-0.1, -0.05) is 82.8 Å². The molecule has 716 valence electrons. The number of para-hydroxylation sites is 1. The van der Waals surface area contributed by atoms with Crippen molar-refractivity contribution >= 4 is 97.4 Å². The number of halogens is 4. The fourth-order valence-electron chi connectivity index (χ4n) is 16.5. The maximum atomic E-state index is 10.0. The van der Waals surface area contributed by atoms with Crippen molar-refractivity contribution < 1.29 is 53.6 Å². The van der Waals surface area contributed by atoms with E-state index in [1.807, 2.05) is 146 Å². The van der Waals surface area contributed by atoms with Crippen molar-refractivity contribution in [3.05, 3.63) is 271 Å². The van der Waals surface area contributed by atoms with Gasteiger partial charge >= 0.3 is 0 Å². The third-order valence-corrected chi connectivity index (χ3v) is 24.3. The molecule has 0 aliphatic carbocycles. The minimum absolute atomic E-state index is 0.0752. The monoisotopic (exact) mass is 1940 g/mol. The number of aromatic nitrogens is 15. The summed E-state index contributed by atoms with van der Waals surface area (Å²) < 4.78 is 48.0. The molecule has 4 fully saturated rings. The molecule has 1 aromatic carbocycles. The molecule has 138 heavy (non-hydrogen) atoms. The molecule has 0 bridgehead atoms. The molecule has 0 saturated carbocycles. The lowest BCUT2D eigenvalue weighted by atomic mass is 10.0. The van der Waals surface area contributed by atoms with Gasteiger partial charge in [-0.05, 0) is 171 Å². The lowest BCUT2D eigenvalue weighted by Gasteiger charge is -2.33. The van der Waals surface area contributed by atoms with Crippen LogP contribution in [0.25, 0.3) is 66.6 Å². The van der Waals surface area contributed by atoms with Crippen LogP contribution in [-0.4, -0.2) is 219 Å². The molecule has 5 N–H and O–H groups in total. The standard InChI is InChI=1S/C27H30ClN5O2.C26H28ClN5O3.2C25H26ClN5O3/c1-27(2,34)18-35-22-14-23(26-24(28)16-30-33(26)17-22)19-8-9-25(29-15-19)32-12-10-21(11-13-32)31-20-6-4-3-5-7-20;1-26(2,33)17-34-20-13-21(25-22(27)15-30-32(25)16-20)18-6-7-23(29-14-18)31-11-8-19(9-12-31)35-24-5-3-4-10-28-24;2*1-25(2,32)16-33-19-11-20(24-21(26)13-29-31(24)15-19)17-6-7-22(28-12-17)30-10-8-18(14-30)34-23-5-3-4-9-27-23/h3-9,14-17,21,31,34H,10-13,18H2,1-2H3;3-7,10,13-16,19,33H,8-9,11-12,17H2,1-2H3;2*3-7,9,11-13,15,18,32H,8,10,14,16H2,1-2H3/t;;2*18-/m..10/s1. The summed E-state index contributed by atoms with van der Waals surface area (Å²) >= 11 is 25.8. The molecule has 4 saturated heterocycles. The summed E-state index contributed by atoms with van der Waals surface area (Å²) in [6, 6.07) is 51.8. The van der Waals surface area contributed by atoms with E-state index in [9.17, 15) is 20.4 Å². The number of fused-ring (bicyclic) bond motifs is 4. The highest BCUT2D eigenvalue weighted by Gasteiger charge is 2.31. The molecule has 20 rings (SSSR count). The van der Waals surface area contributed by atoms with Gasteiger partial charge in [0.1, 0.15) is 91.0 Å². The molecule has 4 aliphatic heterocycles. The smallest absolute Gasteiger partial charge is 0.213 e. The van der Waals surface area contributed by atoms with E-state index in [0.717, 1.165) is 181 Å². The summed E-state index contributed by atoms with van der Waals surface area (Å²) in [5, 5.41) is 63.3. The van der Waals surface area contributed by atoms with Crippen LogP contribution in [0.4, 0.5) is 29.0 Å². The summed E-state index contributed by atoms with van der Waals surface area (Å²) in [7, 11) is 0. The van der Waals surface area contributed by atoms with E-state index in [-0.39, 0.29) is 44.7 Å². The molecule has 35 heteroatoms. The predicted molar refractivity (Wildman–Crippen MR) is 537 cm³/mol. The molecule has 0 radical (unpaired) electrons. The third kappa shape index (κ3) is 25.1. The second-order valence-corrected chi connectivity index (χ2v) is 38.7. The molecular weight excluding hydrogens is 1840 g/mol. The average molecular weight is 1950 g/mol. The van der Waals surface area contributed by atoms with E-state index in [4.69, 9.17) is 99.5 Å². The Balaban J connectivity index is 0.000000127. The van der Waals surface area contributed by atoms with Gasteiger partial charge in [0.2, 0.25) is 17.6 Å². The zero-order chi connectivity index (χ0) is 96.2. The van der Waals surface area contributed by atoms with Crippen LogP contribution in [0.5, 0.6) is 40.6 Å². The van der Waals surface area contributed by atoms with Crippen LogP contribution >= 0.6 is 46.4 Å². The highest BCUT2D eigenvalue weighted by molar-refractivity contribution is 6.36. The number of hydrogen-bond donors (Lipinski definition) is 5. The van der Waals surface area contributed by atoms with Crippen molar-refractivity contribution in [2.24, 2.45) is 0 Å². The number of nitrogens with zero attached hydrogens (tertiary/aromatic N) is 19. The van der Waals surface area contributed by atoms with Crippen molar-refractivity contribution in [2.45, 2.75) is 141 Å². The number of rotatable bonds is 28. The summed E-state index contributed by atoms with van der Waals surface area (Å²) in [4.78, 5) is 40.7. The van der Waals surface area contributed by atoms with Crippen LogP contribution in [0.2, 0.25) is 20.1 Å². The van der Waals surface area contributed by atoms with E-state index in [1.165, 1.54) is 5.69 Å². The topological polar surface area (TPSA) is 330 Å². The Morgan fingerprint density at radius 3 is 0.877 bits per heavy atom. The molecule has 31 nitrogen and oxygen atoms in total. The SMILES string of the molecule is CC(C)(O)COc1cc(-c2ccc(N3CCC(Nc4ccccc4)CC3)nc2)c2c(Cl)cnn2c1.CC(C)(O)COc1cc(-c2ccc(N3CCC(Oc4ccccn4)CC3)nc2)c2c(Cl)cnn2c1.CC(C)(O)COc1cc(-c2ccc(N3CC[C@@H](Oc4ccccn4)C3)nc2)c2c(Cl)cnn2c1.CC(C)(O)COc1cc(-c2ccc(N3CC[C@H](Oc4ccccn4)C3)nc2)c2c(Cl)cnn2c1. The fourth-order valence-corrected chi connectivity index (χ4v) is 17.4. The number of ether oxygens (including phenoxy) is 7. The van der Waals surface area contributed by atoms with Crippen LogP contribution in [0.1, 0.15) is 93.9 Å². The number of nitrogens with one attached hydrogen (secondary N) is 1. The minimum atomic E-state index is -0.950. The van der Waals surface area contributed by atoms with E-state index in [1.54, 1.807) is 142 Å². The maximum absolute atomic E-state index is 10.0. The van der Waals surface area contributed by atoms with Gasteiger partial charge in [-0.15, -0.1) is 0 Å². The first-order valence-corrected chi connectivity index (χ1v) is 47.4. The highest BCUT2D eigenvalue weighted by atomic mass is 35.5. The van der Waals surface area contributed by atoms with E-state index >= 15 is 0 Å². The predicted octanol–water partition coefficient (Wildman–Crippen LogP) is 18.4. The largest absolute Gasteiger partial charge is 0.489 e. The van der Waals surface area contributed by atoms with Crippen molar-refractivity contribution in [2.75, 3.05) is 104 Å². The number of hydrogen-bond acceptors (Lipinski definition) is 27. The zero-order valence-electron chi connectivity index (χ0n) is 77.9. The summed E-state index contributed by atoms with van der Waals surface area (Å²) in [6.07, 6.45) is 32.2. The molecule has 15 aromatic heterocycles. The molecule has 19 heterocycles. The molecule has 2 atom stereocenters. The van der Waals surface area contributed by atoms with E-state index in [2.05, 4.69) is 96.7 Å². The van der Waals surface area contributed by atoms with Gasteiger partial charge in [0.15, 0.2) is 0 Å². The van der Waals surface area contributed by atoms with Crippen LogP contribution in [-0.2, 0) is 0 Å². The van der Waals surface area contributed by atoms with E-state index < -0.39 is 22.4 Å². The van der Waals surface area contributed by atoms with Crippen LogP contribution in [0.3, 0.4) is 0 Å². The molecule has 16 aromatic rings. The Morgan fingerprint density at radius 2 is 0.594 bits per heavy atom. The maximum Gasteiger partial charge on any atom is 0.213 e. The number of pyridine rings is 11. The third-order valence-electron chi connectivity index (χ3n) is 23.2. The van der Waals surface area contributed by atoms with Crippen LogP contribution in [0.15, 0.2) is 251 Å². The minimum Gasteiger partial charge on any atom is -0.489 e. The van der Waals surface area contributed by atoms with Gasteiger partial charge in [-0.2, -0.15) is 20.4 Å². The number of piperidine rings is 2. The fraction of sp³-hybridized carbons (Fsp3) is 0.330. The van der Waals surface area contributed by atoms with Gasteiger partial charge in [0, 0.05) is 183 Å². The first-order valence-electron chi connectivity index (χ1n) is 45.9. The molecule has 0 amide bonds. The van der Waals surface area contributed by atoms with Crippen molar-refractivity contribution in [1.29, 1.82) is 0 Å². The number of aliphatic hydroxyl groups is 4. The Hall–Kier alpha value is -13.4. The Kier molecular flexibility index (Phi) is 29.8. The average Bonchev–Trinajstić information content (AvgIpc) is 1.62. The molecular formula is C103H110Cl4N20O11.